The Balaban J connectivity index is 2.08. The highest BCUT2D eigenvalue weighted by atomic mass is 79.9. The first-order valence-electron chi connectivity index (χ1n) is 6.59. The van der Waals surface area contributed by atoms with Gasteiger partial charge in [0, 0.05) is 22.3 Å². The third-order valence-corrected chi connectivity index (χ3v) is 4.29. The second-order valence-electron chi connectivity index (χ2n) is 4.67. The number of benzene rings is 2. The van der Waals surface area contributed by atoms with Crippen LogP contribution in [0.4, 0.5) is 5.69 Å². The average molecular weight is 314 g/mol. The van der Waals surface area contributed by atoms with E-state index in [1.54, 1.807) is 0 Å². The van der Waals surface area contributed by atoms with Crippen LogP contribution in [-0.4, -0.2) is 6.54 Å². The number of nitrogens with zero attached hydrogens (tertiary/aromatic N) is 1. The quantitative estimate of drug-likeness (QED) is 0.750. The van der Waals surface area contributed by atoms with E-state index in [4.69, 9.17) is 0 Å². The minimum absolute atomic E-state index is 0.327. The van der Waals surface area contributed by atoms with Crippen LogP contribution in [-0.2, 0) is 0 Å². The van der Waals surface area contributed by atoms with E-state index in [2.05, 4.69) is 88.4 Å². The van der Waals surface area contributed by atoms with Crippen LogP contribution in [0, 0.1) is 0 Å². The SMILES string of the molecule is CCN1c2cccc(Br)c2C=C[C@@H]1c1ccccc1. The highest BCUT2D eigenvalue weighted by Gasteiger charge is 2.23. The molecule has 1 heterocycles. The molecule has 0 spiro atoms. The summed E-state index contributed by atoms with van der Waals surface area (Å²) in [5.41, 5.74) is 3.91. The van der Waals surface area contributed by atoms with E-state index < -0.39 is 0 Å². The van der Waals surface area contributed by atoms with Gasteiger partial charge in [-0.05, 0) is 24.6 Å². The van der Waals surface area contributed by atoms with Crippen molar-refractivity contribution in [3.05, 3.63) is 70.2 Å². The number of rotatable bonds is 2. The third kappa shape index (κ3) is 2.21. The molecule has 0 N–H and O–H groups in total. The molecule has 0 radical (unpaired) electrons. The Bertz CT molecular complexity index is 604. The van der Waals surface area contributed by atoms with Gasteiger partial charge in [-0.15, -0.1) is 0 Å². The Kier molecular flexibility index (Phi) is 3.43. The molecule has 96 valence electrons. The molecule has 0 bridgehead atoms. The fraction of sp³-hybridized carbons (Fsp3) is 0.176. The molecule has 0 fully saturated rings. The summed E-state index contributed by atoms with van der Waals surface area (Å²) in [4.78, 5) is 2.44. The largest absolute Gasteiger partial charge is 0.361 e. The van der Waals surface area contributed by atoms with Gasteiger partial charge in [0.25, 0.3) is 0 Å². The molecule has 1 aliphatic heterocycles. The summed E-state index contributed by atoms with van der Waals surface area (Å²) in [7, 11) is 0. The second kappa shape index (κ2) is 5.22. The summed E-state index contributed by atoms with van der Waals surface area (Å²) in [6.07, 6.45) is 4.51. The number of hydrogen-bond donors (Lipinski definition) is 0. The first-order chi connectivity index (χ1) is 9.31. The fourth-order valence-electron chi connectivity index (χ4n) is 2.69. The van der Waals surface area contributed by atoms with Gasteiger partial charge in [-0.2, -0.15) is 0 Å². The van der Waals surface area contributed by atoms with Gasteiger partial charge in [0.1, 0.15) is 0 Å². The standard InChI is InChI=1S/C17H16BrN/c1-2-19-16(13-7-4-3-5-8-13)12-11-14-15(18)9-6-10-17(14)19/h3-12,16H,2H2,1H3/t16-/m1/s1. The Hall–Kier alpha value is -1.54. The van der Waals surface area contributed by atoms with Gasteiger partial charge in [-0.3, -0.25) is 0 Å². The summed E-state index contributed by atoms with van der Waals surface area (Å²) < 4.78 is 1.16. The van der Waals surface area contributed by atoms with Crippen LogP contribution in [0.5, 0.6) is 0 Å². The predicted octanol–water partition coefficient (Wildman–Crippen LogP) is 5.04. The summed E-state index contributed by atoms with van der Waals surface area (Å²) in [5.74, 6) is 0. The molecule has 3 rings (SSSR count). The minimum Gasteiger partial charge on any atom is -0.361 e. The second-order valence-corrected chi connectivity index (χ2v) is 5.53. The van der Waals surface area contributed by atoms with Crippen LogP contribution >= 0.6 is 15.9 Å². The molecule has 1 aliphatic rings. The monoisotopic (exact) mass is 313 g/mol. The van der Waals surface area contributed by atoms with Crippen molar-refractivity contribution in [2.45, 2.75) is 13.0 Å². The lowest BCUT2D eigenvalue weighted by Gasteiger charge is -2.35. The van der Waals surface area contributed by atoms with E-state index in [0.717, 1.165) is 11.0 Å². The summed E-state index contributed by atoms with van der Waals surface area (Å²) in [5, 5.41) is 0. The van der Waals surface area contributed by atoms with Crippen molar-refractivity contribution >= 4 is 27.7 Å². The van der Waals surface area contributed by atoms with E-state index in [1.165, 1.54) is 16.8 Å². The van der Waals surface area contributed by atoms with Crippen molar-refractivity contribution in [1.82, 2.24) is 0 Å². The molecular formula is C17H16BrN. The van der Waals surface area contributed by atoms with Crippen LogP contribution in [0.1, 0.15) is 24.1 Å². The Labute approximate surface area is 122 Å². The van der Waals surface area contributed by atoms with Crippen LogP contribution in [0.2, 0.25) is 0 Å². The molecule has 0 aromatic heterocycles. The zero-order chi connectivity index (χ0) is 13.2. The molecule has 0 amide bonds. The highest BCUT2D eigenvalue weighted by Crippen LogP contribution is 2.39. The molecule has 0 saturated carbocycles. The topological polar surface area (TPSA) is 3.24 Å². The maximum atomic E-state index is 3.64. The van der Waals surface area contributed by atoms with Crippen molar-refractivity contribution in [2.24, 2.45) is 0 Å². The van der Waals surface area contributed by atoms with Crippen LogP contribution < -0.4 is 4.90 Å². The first-order valence-corrected chi connectivity index (χ1v) is 7.39. The molecular weight excluding hydrogens is 298 g/mol. The van der Waals surface area contributed by atoms with E-state index in [1.807, 2.05) is 0 Å². The number of fused-ring (bicyclic) bond motifs is 1. The maximum absolute atomic E-state index is 3.64. The van der Waals surface area contributed by atoms with Gasteiger partial charge in [0.05, 0.1) is 6.04 Å². The van der Waals surface area contributed by atoms with Crippen LogP contribution in [0.3, 0.4) is 0 Å². The summed E-state index contributed by atoms with van der Waals surface area (Å²) >= 11 is 3.64. The molecule has 19 heavy (non-hydrogen) atoms. The number of halogens is 1. The van der Waals surface area contributed by atoms with Crippen LogP contribution in [0.15, 0.2) is 59.1 Å². The van der Waals surface area contributed by atoms with Gasteiger partial charge in [0.2, 0.25) is 0 Å². The Morgan fingerprint density at radius 3 is 2.58 bits per heavy atom. The predicted molar refractivity (Wildman–Crippen MR) is 85.4 cm³/mol. The number of anilines is 1. The van der Waals surface area contributed by atoms with Crippen LogP contribution in [0.25, 0.3) is 6.08 Å². The van der Waals surface area contributed by atoms with Gasteiger partial charge in [-0.1, -0.05) is 64.5 Å². The molecule has 1 atom stereocenters. The molecule has 0 saturated heterocycles. The van der Waals surface area contributed by atoms with Crippen molar-refractivity contribution in [2.75, 3.05) is 11.4 Å². The maximum Gasteiger partial charge on any atom is 0.0729 e. The minimum atomic E-state index is 0.327. The van der Waals surface area contributed by atoms with Crippen molar-refractivity contribution in [1.29, 1.82) is 0 Å². The van der Waals surface area contributed by atoms with E-state index in [0.29, 0.717) is 6.04 Å². The summed E-state index contributed by atoms with van der Waals surface area (Å²) in [6.45, 7) is 3.20. The Morgan fingerprint density at radius 2 is 1.84 bits per heavy atom. The average Bonchev–Trinajstić information content (AvgIpc) is 2.47. The zero-order valence-electron chi connectivity index (χ0n) is 10.9. The van der Waals surface area contributed by atoms with Gasteiger partial charge < -0.3 is 4.90 Å². The van der Waals surface area contributed by atoms with Crippen molar-refractivity contribution < 1.29 is 0 Å². The van der Waals surface area contributed by atoms with Gasteiger partial charge in [-0.25, -0.2) is 0 Å². The van der Waals surface area contributed by atoms with Gasteiger partial charge >= 0.3 is 0 Å². The molecule has 0 aliphatic carbocycles. The highest BCUT2D eigenvalue weighted by molar-refractivity contribution is 9.10. The first kappa shape index (κ1) is 12.5. The van der Waals surface area contributed by atoms with Gasteiger partial charge in [0.15, 0.2) is 0 Å². The summed E-state index contributed by atoms with van der Waals surface area (Å²) in [6, 6.07) is 17.4. The fourth-order valence-corrected chi connectivity index (χ4v) is 3.18. The zero-order valence-corrected chi connectivity index (χ0v) is 12.5. The smallest absolute Gasteiger partial charge is 0.0729 e. The number of likely N-dealkylation sites (N-methyl/N-ethyl adjacent to an activating group) is 1. The van der Waals surface area contributed by atoms with E-state index in [-0.39, 0.29) is 0 Å². The van der Waals surface area contributed by atoms with E-state index >= 15 is 0 Å². The van der Waals surface area contributed by atoms with Crippen molar-refractivity contribution in [3.63, 3.8) is 0 Å². The lowest BCUT2D eigenvalue weighted by molar-refractivity contribution is 0.741. The van der Waals surface area contributed by atoms with Crippen molar-refractivity contribution in [3.8, 4) is 0 Å². The third-order valence-electron chi connectivity index (χ3n) is 3.60. The molecule has 2 aromatic carbocycles. The molecule has 1 nitrogen and oxygen atoms in total. The number of hydrogen-bond acceptors (Lipinski definition) is 1. The molecule has 2 aromatic rings. The normalized spacial score (nSPS) is 17.4. The lowest BCUT2D eigenvalue weighted by atomic mass is 9.97. The molecule has 0 unspecified atom stereocenters. The lowest BCUT2D eigenvalue weighted by Crippen LogP contribution is -2.29. The molecule has 2 heteroatoms. The Morgan fingerprint density at radius 1 is 1.05 bits per heavy atom. The van der Waals surface area contributed by atoms with E-state index in [9.17, 15) is 0 Å².